The summed E-state index contributed by atoms with van der Waals surface area (Å²) in [6, 6.07) is 17.9. The first-order valence-corrected chi connectivity index (χ1v) is 8.17. The minimum Gasteiger partial charge on any atom is -0.744 e. The zero-order chi connectivity index (χ0) is 15.7. The third-order valence-corrected chi connectivity index (χ3v) is 4.30. The van der Waals surface area contributed by atoms with Gasteiger partial charge in [-0.25, -0.2) is 8.42 Å². The number of nitrogens with one attached hydrogen (secondary N) is 1. The van der Waals surface area contributed by atoms with Crippen LogP contribution in [0.15, 0.2) is 65.6 Å². The first-order valence-electron chi connectivity index (χ1n) is 6.76. The van der Waals surface area contributed by atoms with Gasteiger partial charge >= 0.3 is 51.4 Å². The number of benzene rings is 3. The van der Waals surface area contributed by atoms with E-state index in [0.717, 1.165) is 16.8 Å². The Kier molecular flexibility index (Phi) is 6.02. The molecule has 4 nitrogen and oxygen atoms in total. The molecule has 0 atom stereocenters. The fraction of sp³-hybridized carbons (Fsp3) is 0.0588. The van der Waals surface area contributed by atoms with Crippen LogP contribution in [0.2, 0.25) is 0 Å². The Bertz CT molecular complexity index is 938. The van der Waals surface area contributed by atoms with Gasteiger partial charge in [-0.2, -0.15) is 0 Å². The number of aryl methyl sites for hydroxylation is 1. The van der Waals surface area contributed by atoms with E-state index in [1.54, 1.807) is 12.1 Å². The maximum absolute atomic E-state index is 11.1. The average Bonchev–Trinajstić information content (AvgIpc) is 2.48. The van der Waals surface area contributed by atoms with Crippen LogP contribution < -0.4 is 56.7 Å². The van der Waals surface area contributed by atoms with Crippen LogP contribution in [-0.2, 0) is 10.1 Å². The largest absolute Gasteiger partial charge is 1.00 e. The van der Waals surface area contributed by atoms with Gasteiger partial charge in [0.15, 0.2) is 0 Å². The quantitative estimate of drug-likeness (QED) is 0.560. The molecule has 1 N–H and O–H groups in total. The van der Waals surface area contributed by atoms with Gasteiger partial charge in [-0.3, -0.25) is 0 Å². The Labute approximate surface area is 178 Å². The molecule has 0 amide bonds. The molecule has 112 valence electrons. The van der Waals surface area contributed by atoms with Gasteiger partial charge in [0.1, 0.15) is 10.1 Å². The van der Waals surface area contributed by atoms with Crippen molar-refractivity contribution in [2.75, 3.05) is 5.32 Å². The summed E-state index contributed by atoms with van der Waals surface area (Å²) in [6.07, 6.45) is 0. The van der Waals surface area contributed by atoms with Crippen molar-refractivity contribution in [3.05, 3.63) is 66.2 Å². The summed E-state index contributed by atoms with van der Waals surface area (Å²) in [6.45, 7) is 2.02. The van der Waals surface area contributed by atoms with E-state index >= 15 is 0 Å². The average molecular weight is 351 g/mol. The smallest absolute Gasteiger partial charge is 0.744 e. The van der Waals surface area contributed by atoms with E-state index < -0.39 is 10.1 Å². The Morgan fingerprint density at radius 2 is 1.65 bits per heavy atom. The maximum Gasteiger partial charge on any atom is 1.00 e. The summed E-state index contributed by atoms with van der Waals surface area (Å²) in [5, 5.41) is 4.86. The molecule has 0 unspecified atom stereocenters. The summed E-state index contributed by atoms with van der Waals surface area (Å²) in [4.78, 5) is -0.215. The number of hydrogen-bond donors (Lipinski definition) is 1. The SMILES string of the molecule is Cc1ccc(Nc2cccc3cc(S(=O)(=O)[O-])ccc23)cc1.[K+]. The molecular formula is C17H14KNO3S. The van der Waals surface area contributed by atoms with Gasteiger partial charge in [0.05, 0.1) is 4.90 Å². The predicted molar refractivity (Wildman–Crippen MR) is 86.4 cm³/mol. The molecule has 3 aromatic carbocycles. The minimum absolute atomic E-state index is 0. The molecule has 0 aliphatic rings. The Morgan fingerprint density at radius 1 is 0.957 bits per heavy atom. The first kappa shape index (κ1) is 18.6. The van der Waals surface area contributed by atoms with E-state index in [1.165, 1.54) is 17.7 Å². The van der Waals surface area contributed by atoms with Crippen LogP contribution in [0.1, 0.15) is 5.56 Å². The van der Waals surface area contributed by atoms with Gasteiger partial charge in [0, 0.05) is 16.8 Å². The molecule has 0 bridgehead atoms. The number of hydrogen-bond acceptors (Lipinski definition) is 4. The fourth-order valence-corrected chi connectivity index (χ4v) is 2.82. The first-order chi connectivity index (χ1) is 10.4. The van der Waals surface area contributed by atoms with Crippen molar-refractivity contribution >= 4 is 32.3 Å². The normalized spacial score (nSPS) is 11.0. The third-order valence-electron chi connectivity index (χ3n) is 3.47. The van der Waals surface area contributed by atoms with Gasteiger partial charge in [0.25, 0.3) is 0 Å². The molecular weight excluding hydrogens is 337 g/mol. The molecule has 0 spiro atoms. The standard InChI is InChI=1S/C17H15NO3S.K/c1-12-5-7-14(8-6-12)18-17-4-2-3-13-11-15(22(19,20)21)9-10-16(13)17;/h2-11,18H,1H3,(H,19,20,21);/q;+1/p-1. The molecule has 0 saturated heterocycles. The number of rotatable bonds is 3. The molecule has 0 aliphatic heterocycles. The molecule has 0 fully saturated rings. The predicted octanol–water partition coefficient (Wildman–Crippen LogP) is 0.800. The van der Waals surface area contributed by atoms with Crippen molar-refractivity contribution in [3.63, 3.8) is 0 Å². The van der Waals surface area contributed by atoms with E-state index in [9.17, 15) is 13.0 Å². The molecule has 3 rings (SSSR count). The van der Waals surface area contributed by atoms with E-state index in [1.807, 2.05) is 43.3 Å². The minimum atomic E-state index is -4.44. The Hall–Kier alpha value is -0.734. The molecule has 23 heavy (non-hydrogen) atoms. The van der Waals surface area contributed by atoms with Gasteiger partial charge in [0.2, 0.25) is 0 Å². The van der Waals surface area contributed by atoms with Crippen molar-refractivity contribution in [1.82, 2.24) is 0 Å². The number of fused-ring (bicyclic) bond motifs is 1. The zero-order valence-corrected chi connectivity index (χ0v) is 16.8. The van der Waals surface area contributed by atoms with E-state index in [2.05, 4.69) is 5.32 Å². The van der Waals surface area contributed by atoms with E-state index in [4.69, 9.17) is 0 Å². The van der Waals surface area contributed by atoms with Crippen LogP contribution in [-0.4, -0.2) is 13.0 Å². The van der Waals surface area contributed by atoms with Crippen LogP contribution in [0.3, 0.4) is 0 Å². The van der Waals surface area contributed by atoms with Crippen molar-refractivity contribution in [1.29, 1.82) is 0 Å². The number of anilines is 2. The summed E-state index contributed by atoms with van der Waals surface area (Å²) < 4.78 is 33.3. The van der Waals surface area contributed by atoms with Crippen LogP contribution in [0.5, 0.6) is 0 Å². The molecule has 0 aliphatic carbocycles. The van der Waals surface area contributed by atoms with Crippen LogP contribution in [0, 0.1) is 6.92 Å². The van der Waals surface area contributed by atoms with Gasteiger partial charge in [-0.05, 0) is 42.6 Å². The summed E-state index contributed by atoms with van der Waals surface area (Å²) in [5.41, 5.74) is 2.98. The van der Waals surface area contributed by atoms with E-state index in [-0.39, 0.29) is 56.3 Å². The molecule has 0 aromatic heterocycles. The van der Waals surface area contributed by atoms with Crippen LogP contribution >= 0.6 is 0 Å². The van der Waals surface area contributed by atoms with Crippen LogP contribution in [0.4, 0.5) is 11.4 Å². The topological polar surface area (TPSA) is 69.2 Å². The molecule has 0 radical (unpaired) electrons. The Balaban J connectivity index is 0.00000192. The summed E-state index contributed by atoms with van der Waals surface area (Å²) in [7, 11) is -4.44. The second-order valence-electron chi connectivity index (χ2n) is 5.13. The van der Waals surface area contributed by atoms with Crippen molar-refractivity contribution in [3.8, 4) is 0 Å². The molecule has 0 heterocycles. The molecule has 0 saturated carbocycles. The zero-order valence-electron chi connectivity index (χ0n) is 12.9. The Morgan fingerprint density at radius 3 is 2.30 bits per heavy atom. The van der Waals surface area contributed by atoms with Crippen molar-refractivity contribution < 1.29 is 64.4 Å². The maximum atomic E-state index is 11.1. The molecule has 6 heteroatoms. The van der Waals surface area contributed by atoms with E-state index in [0.29, 0.717) is 5.39 Å². The van der Waals surface area contributed by atoms with Crippen molar-refractivity contribution in [2.45, 2.75) is 11.8 Å². The van der Waals surface area contributed by atoms with Gasteiger partial charge < -0.3 is 9.87 Å². The third kappa shape index (κ3) is 4.42. The molecule has 3 aromatic rings. The van der Waals surface area contributed by atoms with Crippen molar-refractivity contribution in [2.24, 2.45) is 0 Å². The van der Waals surface area contributed by atoms with Gasteiger partial charge in [-0.1, -0.05) is 35.9 Å². The monoisotopic (exact) mass is 351 g/mol. The summed E-state index contributed by atoms with van der Waals surface area (Å²) in [5.74, 6) is 0. The van der Waals surface area contributed by atoms with Crippen LogP contribution in [0.25, 0.3) is 10.8 Å². The van der Waals surface area contributed by atoms with Gasteiger partial charge in [-0.15, -0.1) is 0 Å². The fourth-order valence-electron chi connectivity index (χ4n) is 2.32. The second kappa shape index (κ2) is 7.44. The summed E-state index contributed by atoms with van der Waals surface area (Å²) >= 11 is 0. The second-order valence-corrected chi connectivity index (χ2v) is 6.51.